The third-order valence-corrected chi connectivity index (χ3v) is 2.83. The molecule has 0 fully saturated rings. The van der Waals surface area contributed by atoms with Gasteiger partial charge in [-0.3, -0.25) is 5.41 Å². The molecule has 0 spiro atoms. The standard InChI is InChI=1S/C13H11ClFN3O.ClH/c14-10-4-1-5-11(15)9(10)7-19-13-8(12(16)17)3-2-6-18-13;/h1-6H,7H2,(H3,16,17);1H. The third kappa shape index (κ3) is 3.59. The minimum Gasteiger partial charge on any atom is -0.472 e. The van der Waals surface area contributed by atoms with Gasteiger partial charge in [0.1, 0.15) is 18.3 Å². The van der Waals surface area contributed by atoms with E-state index in [2.05, 4.69) is 4.98 Å². The number of amidine groups is 1. The van der Waals surface area contributed by atoms with Crippen LogP contribution in [0.25, 0.3) is 0 Å². The van der Waals surface area contributed by atoms with Gasteiger partial charge >= 0.3 is 0 Å². The van der Waals surface area contributed by atoms with Gasteiger partial charge in [0, 0.05) is 11.8 Å². The van der Waals surface area contributed by atoms with E-state index in [1.54, 1.807) is 18.2 Å². The number of ether oxygens (including phenoxy) is 1. The summed E-state index contributed by atoms with van der Waals surface area (Å²) in [6.45, 7) is -0.0806. The van der Waals surface area contributed by atoms with Gasteiger partial charge in [0.05, 0.1) is 10.6 Å². The molecule has 1 heterocycles. The van der Waals surface area contributed by atoms with Crippen molar-refractivity contribution in [1.29, 1.82) is 5.41 Å². The van der Waals surface area contributed by atoms with Gasteiger partial charge in [0.15, 0.2) is 0 Å². The average Bonchev–Trinajstić information content (AvgIpc) is 2.38. The number of rotatable bonds is 4. The molecule has 7 heteroatoms. The predicted octanol–water partition coefficient (Wildman–Crippen LogP) is 3.16. The zero-order valence-electron chi connectivity index (χ0n) is 10.3. The molecule has 106 valence electrons. The Morgan fingerprint density at radius 2 is 2.10 bits per heavy atom. The normalized spacial score (nSPS) is 9.70. The molecule has 0 aliphatic heterocycles. The van der Waals surface area contributed by atoms with E-state index in [9.17, 15) is 4.39 Å². The van der Waals surface area contributed by atoms with Gasteiger partial charge in [-0.25, -0.2) is 9.37 Å². The summed E-state index contributed by atoms with van der Waals surface area (Å²) in [5.41, 5.74) is 6.00. The lowest BCUT2D eigenvalue weighted by Crippen LogP contribution is -2.14. The van der Waals surface area contributed by atoms with E-state index in [4.69, 9.17) is 27.5 Å². The minimum atomic E-state index is -0.451. The van der Waals surface area contributed by atoms with Crippen LogP contribution in [0.5, 0.6) is 5.88 Å². The molecule has 2 aromatic rings. The maximum atomic E-state index is 13.6. The van der Waals surface area contributed by atoms with Crippen LogP contribution in [0, 0.1) is 11.2 Å². The molecule has 0 radical (unpaired) electrons. The Morgan fingerprint density at radius 3 is 2.75 bits per heavy atom. The van der Waals surface area contributed by atoms with Crippen molar-refractivity contribution in [3.8, 4) is 5.88 Å². The Labute approximate surface area is 126 Å². The first kappa shape index (κ1) is 16.2. The van der Waals surface area contributed by atoms with Crippen molar-refractivity contribution < 1.29 is 9.13 Å². The molecule has 2 rings (SSSR count). The smallest absolute Gasteiger partial charge is 0.224 e. The minimum absolute atomic E-state index is 0. The molecule has 0 aliphatic rings. The molecule has 4 nitrogen and oxygen atoms in total. The second-order valence-electron chi connectivity index (χ2n) is 3.76. The van der Waals surface area contributed by atoms with E-state index < -0.39 is 5.82 Å². The van der Waals surface area contributed by atoms with E-state index >= 15 is 0 Å². The molecule has 20 heavy (non-hydrogen) atoms. The second kappa shape index (κ2) is 7.07. The van der Waals surface area contributed by atoms with Crippen LogP contribution in [0.1, 0.15) is 11.1 Å². The molecule has 3 N–H and O–H groups in total. The number of benzene rings is 1. The molecule has 0 saturated heterocycles. The Morgan fingerprint density at radius 1 is 1.35 bits per heavy atom. The van der Waals surface area contributed by atoms with E-state index in [1.165, 1.54) is 18.3 Å². The molecule has 0 bridgehead atoms. The molecule has 0 aliphatic carbocycles. The molecule has 0 unspecified atom stereocenters. The number of pyridine rings is 1. The predicted molar refractivity (Wildman–Crippen MR) is 78.2 cm³/mol. The molecular weight excluding hydrogens is 304 g/mol. The van der Waals surface area contributed by atoms with Gasteiger partial charge in [-0.15, -0.1) is 12.4 Å². The maximum absolute atomic E-state index is 13.6. The highest BCUT2D eigenvalue weighted by Crippen LogP contribution is 2.22. The van der Waals surface area contributed by atoms with Gasteiger partial charge in [0.2, 0.25) is 5.88 Å². The largest absolute Gasteiger partial charge is 0.472 e. The third-order valence-electron chi connectivity index (χ3n) is 2.48. The molecule has 0 atom stereocenters. The first-order valence-corrected chi connectivity index (χ1v) is 5.82. The van der Waals surface area contributed by atoms with Crippen LogP contribution < -0.4 is 10.5 Å². The van der Waals surface area contributed by atoms with Crippen molar-refractivity contribution >= 4 is 29.8 Å². The summed E-state index contributed by atoms with van der Waals surface area (Å²) in [5, 5.41) is 7.68. The molecule has 1 aromatic carbocycles. The van der Waals surface area contributed by atoms with Crippen LogP contribution in [-0.2, 0) is 6.61 Å². The van der Waals surface area contributed by atoms with Crippen LogP contribution in [0.2, 0.25) is 5.02 Å². The number of nitrogens with zero attached hydrogens (tertiary/aromatic N) is 1. The average molecular weight is 316 g/mol. The number of hydrogen-bond donors (Lipinski definition) is 2. The summed E-state index contributed by atoms with van der Waals surface area (Å²) in [6, 6.07) is 7.64. The Balaban J connectivity index is 0.00000200. The number of halogens is 3. The number of aromatic nitrogens is 1. The first-order valence-electron chi connectivity index (χ1n) is 5.44. The lowest BCUT2D eigenvalue weighted by Gasteiger charge is -2.10. The van der Waals surface area contributed by atoms with Crippen LogP contribution in [0.15, 0.2) is 36.5 Å². The number of hydrogen-bond acceptors (Lipinski definition) is 3. The summed E-state index contributed by atoms with van der Waals surface area (Å²) in [5.74, 6) is -0.440. The van der Waals surface area contributed by atoms with Crippen molar-refractivity contribution in [3.63, 3.8) is 0 Å². The SMILES string of the molecule is Cl.N=C(N)c1cccnc1OCc1c(F)cccc1Cl. The Bertz CT molecular complexity index is 602. The van der Waals surface area contributed by atoms with E-state index in [1.807, 2.05) is 0 Å². The van der Waals surface area contributed by atoms with Crippen molar-refractivity contribution in [1.82, 2.24) is 4.98 Å². The topological polar surface area (TPSA) is 72.0 Å². The second-order valence-corrected chi connectivity index (χ2v) is 4.17. The van der Waals surface area contributed by atoms with Crippen molar-refractivity contribution in [2.75, 3.05) is 0 Å². The highest BCUT2D eigenvalue weighted by molar-refractivity contribution is 6.31. The fraction of sp³-hybridized carbons (Fsp3) is 0.0769. The molecular formula is C13H12Cl2FN3O. The molecule has 0 saturated carbocycles. The summed E-state index contributed by atoms with van der Waals surface area (Å²) >= 11 is 5.89. The van der Waals surface area contributed by atoms with Crippen LogP contribution >= 0.6 is 24.0 Å². The Hall–Kier alpha value is -1.85. The zero-order valence-corrected chi connectivity index (χ0v) is 11.8. The van der Waals surface area contributed by atoms with Crippen LogP contribution in [0.3, 0.4) is 0 Å². The highest BCUT2D eigenvalue weighted by atomic mass is 35.5. The first-order chi connectivity index (χ1) is 9.09. The van der Waals surface area contributed by atoms with Gasteiger partial charge in [0.25, 0.3) is 0 Å². The summed E-state index contributed by atoms with van der Waals surface area (Å²) < 4.78 is 19.0. The zero-order chi connectivity index (χ0) is 13.8. The van der Waals surface area contributed by atoms with E-state index in [-0.39, 0.29) is 41.3 Å². The van der Waals surface area contributed by atoms with Crippen LogP contribution in [-0.4, -0.2) is 10.8 Å². The number of nitrogens with two attached hydrogens (primary N) is 1. The lowest BCUT2D eigenvalue weighted by atomic mass is 10.2. The highest BCUT2D eigenvalue weighted by Gasteiger charge is 2.11. The van der Waals surface area contributed by atoms with Crippen molar-refractivity contribution in [3.05, 3.63) is 58.5 Å². The van der Waals surface area contributed by atoms with Gasteiger partial charge in [-0.05, 0) is 24.3 Å². The molecule has 1 aromatic heterocycles. The lowest BCUT2D eigenvalue weighted by molar-refractivity contribution is 0.287. The van der Waals surface area contributed by atoms with Gasteiger partial charge in [-0.2, -0.15) is 0 Å². The Kier molecular flexibility index (Phi) is 5.73. The van der Waals surface area contributed by atoms with Crippen molar-refractivity contribution in [2.45, 2.75) is 6.61 Å². The molecule has 0 amide bonds. The van der Waals surface area contributed by atoms with Crippen molar-refractivity contribution in [2.24, 2.45) is 5.73 Å². The summed E-state index contributed by atoms with van der Waals surface area (Å²) in [7, 11) is 0. The summed E-state index contributed by atoms with van der Waals surface area (Å²) in [6.07, 6.45) is 1.50. The number of nitrogens with one attached hydrogen (secondary N) is 1. The quantitative estimate of drug-likeness (QED) is 0.672. The number of nitrogen functional groups attached to an aromatic ring is 1. The maximum Gasteiger partial charge on any atom is 0.224 e. The fourth-order valence-corrected chi connectivity index (χ4v) is 1.74. The van der Waals surface area contributed by atoms with E-state index in [0.29, 0.717) is 5.56 Å². The van der Waals surface area contributed by atoms with Gasteiger partial charge < -0.3 is 10.5 Å². The fourth-order valence-electron chi connectivity index (χ4n) is 1.52. The van der Waals surface area contributed by atoms with E-state index in [0.717, 1.165) is 0 Å². The van der Waals surface area contributed by atoms with Gasteiger partial charge in [-0.1, -0.05) is 17.7 Å². The monoisotopic (exact) mass is 315 g/mol. The van der Waals surface area contributed by atoms with Crippen LogP contribution in [0.4, 0.5) is 4.39 Å². The summed E-state index contributed by atoms with van der Waals surface area (Å²) in [4.78, 5) is 3.97.